The lowest BCUT2D eigenvalue weighted by Crippen LogP contribution is -2.51. The number of nitrogens with zero attached hydrogens (tertiary/aromatic N) is 1. The number of hydrogen-bond acceptors (Lipinski definition) is 4. The summed E-state index contributed by atoms with van der Waals surface area (Å²) < 4.78 is 5.35. The fourth-order valence-corrected chi connectivity index (χ4v) is 2.23. The lowest BCUT2D eigenvalue weighted by molar-refractivity contribution is -0.0210. The number of amides is 1. The van der Waals surface area contributed by atoms with Gasteiger partial charge in [0.2, 0.25) is 0 Å². The number of ether oxygens (including phenoxy) is 1. The summed E-state index contributed by atoms with van der Waals surface area (Å²) in [7, 11) is 0. The van der Waals surface area contributed by atoms with Gasteiger partial charge < -0.3 is 19.8 Å². The smallest absolute Gasteiger partial charge is 0.410 e. The Morgan fingerprint density at radius 3 is 2.67 bits per heavy atom. The fourth-order valence-electron chi connectivity index (χ4n) is 2.23. The van der Waals surface area contributed by atoms with Gasteiger partial charge in [0.1, 0.15) is 5.60 Å². The Hall–Kier alpha value is -0.810. The van der Waals surface area contributed by atoms with E-state index in [1.54, 1.807) is 4.90 Å². The molecule has 0 aromatic rings. The van der Waals surface area contributed by atoms with E-state index in [1.165, 1.54) is 0 Å². The number of aliphatic hydroxyl groups excluding tert-OH is 2. The highest BCUT2D eigenvalue weighted by Crippen LogP contribution is 2.23. The van der Waals surface area contributed by atoms with Gasteiger partial charge in [-0.1, -0.05) is 0 Å². The Bertz CT molecular complexity index is 275. The maximum atomic E-state index is 12.1. The second kappa shape index (κ2) is 6.38. The average Bonchev–Trinajstić information content (AvgIpc) is 2.27. The van der Waals surface area contributed by atoms with Crippen LogP contribution < -0.4 is 0 Å². The van der Waals surface area contributed by atoms with E-state index in [1.807, 2.05) is 20.8 Å². The number of likely N-dealkylation sites (tertiary alicyclic amines) is 1. The Labute approximate surface area is 109 Å². The van der Waals surface area contributed by atoms with Gasteiger partial charge in [-0.2, -0.15) is 0 Å². The number of aliphatic hydroxyl groups is 2. The molecular formula is C13H25NO4. The molecule has 106 valence electrons. The highest BCUT2D eigenvalue weighted by molar-refractivity contribution is 5.68. The van der Waals surface area contributed by atoms with Crippen molar-refractivity contribution in [3.63, 3.8) is 0 Å². The average molecular weight is 259 g/mol. The van der Waals surface area contributed by atoms with Crippen LogP contribution in [0.15, 0.2) is 0 Å². The van der Waals surface area contributed by atoms with E-state index in [-0.39, 0.29) is 18.7 Å². The van der Waals surface area contributed by atoms with Gasteiger partial charge in [-0.25, -0.2) is 4.79 Å². The zero-order valence-electron chi connectivity index (χ0n) is 11.6. The quantitative estimate of drug-likeness (QED) is 0.806. The molecular weight excluding hydrogens is 234 g/mol. The molecule has 1 saturated heterocycles. The van der Waals surface area contributed by atoms with Crippen LogP contribution in [0.3, 0.4) is 0 Å². The van der Waals surface area contributed by atoms with Crippen molar-refractivity contribution in [3.05, 3.63) is 0 Å². The molecule has 0 aliphatic carbocycles. The third kappa shape index (κ3) is 4.46. The SMILES string of the molecule is CC(C)(C)OC(=O)N1CCCC[C@@H]1[C@H](O)CCO. The fraction of sp³-hybridized carbons (Fsp3) is 0.923. The van der Waals surface area contributed by atoms with Gasteiger partial charge in [0.15, 0.2) is 0 Å². The third-order valence-corrected chi connectivity index (χ3v) is 3.05. The molecule has 18 heavy (non-hydrogen) atoms. The zero-order chi connectivity index (χ0) is 13.8. The van der Waals surface area contributed by atoms with E-state index in [0.29, 0.717) is 13.0 Å². The van der Waals surface area contributed by atoms with Gasteiger partial charge in [-0.3, -0.25) is 0 Å². The van der Waals surface area contributed by atoms with Gasteiger partial charge in [-0.15, -0.1) is 0 Å². The van der Waals surface area contributed by atoms with E-state index in [4.69, 9.17) is 9.84 Å². The second-order valence-corrected chi connectivity index (χ2v) is 5.82. The first-order chi connectivity index (χ1) is 8.35. The first-order valence-electron chi connectivity index (χ1n) is 6.63. The lowest BCUT2D eigenvalue weighted by atomic mass is 9.96. The predicted octanol–water partition coefficient (Wildman–Crippen LogP) is 1.52. The van der Waals surface area contributed by atoms with Crippen LogP contribution in [0.5, 0.6) is 0 Å². The minimum atomic E-state index is -0.678. The molecule has 0 unspecified atom stereocenters. The Balaban J connectivity index is 2.67. The zero-order valence-corrected chi connectivity index (χ0v) is 11.6. The van der Waals surface area contributed by atoms with Crippen LogP contribution >= 0.6 is 0 Å². The third-order valence-electron chi connectivity index (χ3n) is 3.05. The van der Waals surface area contributed by atoms with Crippen molar-refractivity contribution in [2.24, 2.45) is 0 Å². The molecule has 0 aromatic carbocycles. The van der Waals surface area contributed by atoms with Crippen molar-refractivity contribution in [2.45, 2.75) is 64.2 Å². The van der Waals surface area contributed by atoms with Gasteiger partial charge in [0.25, 0.3) is 0 Å². The Morgan fingerprint density at radius 2 is 2.11 bits per heavy atom. The molecule has 2 N–H and O–H groups in total. The number of carbonyl (C=O) groups excluding carboxylic acids is 1. The summed E-state index contributed by atoms with van der Waals surface area (Å²) in [6.07, 6.45) is 1.94. The number of rotatable bonds is 3. The van der Waals surface area contributed by atoms with Crippen molar-refractivity contribution in [1.82, 2.24) is 4.90 Å². The predicted molar refractivity (Wildman–Crippen MR) is 68.3 cm³/mol. The molecule has 1 aliphatic heterocycles. The van der Waals surface area contributed by atoms with Gasteiger partial charge in [0.05, 0.1) is 12.1 Å². The minimum absolute atomic E-state index is 0.0696. The molecule has 0 saturated carbocycles. The minimum Gasteiger partial charge on any atom is -0.444 e. The molecule has 1 heterocycles. The standard InChI is InChI=1S/C13H25NO4/c1-13(2,3)18-12(17)14-8-5-4-6-10(14)11(16)7-9-15/h10-11,15-16H,4-9H2,1-3H3/t10-,11-/m1/s1. The summed E-state index contributed by atoms with van der Waals surface area (Å²) in [4.78, 5) is 13.7. The van der Waals surface area contributed by atoms with Crippen molar-refractivity contribution in [3.8, 4) is 0 Å². The van der Waals surface area contributed by atoms with Crippen LogP contribution in [-0.4, -0.2) is 52.1 Å². The molecule has 1 aliphatic rings. The normalized spacial score (nSPS) is 22.7. The van der Waals surface area contributed by atoms with Crippen LogP contribution in [0.4, 0.5) is 4.79 Å². The topological polar surface area (TPSA) is 70.0 Å². The first kappa shape index (κ1) is 15.2. The van der Waals surface area contributed by atoms with Crippen LogP contribution in [0.25, 0.3) is 0 Å². The van der Waals surface area contributed by atoms with E-state index in [2.05, 4.69) is 0 Å². The molecule has 0 bridgehead atoms. The molecule has 5 nitrogen and oxygen atoms in total. The van der Waals surface area contributed by atoms with E-state index in [0.717, 1.165) is 19.3 Å². The highest BCUT2D eigenvalue weighted by atomic mass is 16.6. The second-order valence-electron chi connectivity index (χ2n) is 5.82. The lowest BCUT2D eigenvalue weighted by Gasteiger charge is -2.39. The van der Waals surface area contributed by atoms with E-state index in [9.17, 15) is 9.90 Å². The van der Waals surface area contributed by atoms with Crippen molar-refractivity contribution in [1.29, 1.82) is 0 Å². The summed E-state index contributed by atoms with van der Waals surface area (Å²) in [6.45, 7) is 6.03. The first-order valence-corrected chi connectivity index (χ1v) is 6.63. The number of piperidine rings is 1. The maximum absolute atomic E-state index is 12.1. The highest BCUT2D eigenvalue weighted by Gasteiger charge is 2.34. The summed E-state index contributed by atoms with van der Waals surface area (Å²) in [5.74, 6) is 0. The largest absolute Gasteiger partial charge is 0.444 e. The Kier molecular flexibility index (Phi) is 5.41. The summed E-state index contributed by atoms with van der Waals surface area (Å²) in [5.41, 5.74) is -0.527. The van der Waals surface area contributed by atoms with Crippen molar-refractivity contribution in [2.75, 3.05) is 13.2 Å². The van der Waals surface area contributed by atoms with Crippen LogP contribution in [0.1, 0.15) is 46.5 Å². The molecule has 0 radical (unpaired) electrons. The molecule has 2 atom stereocenters. The maximum Gasteiger partial charge on any atom is 0.410 e. The molecule has 0 aromatic heterocycles. The molecule has 0 spiro atoms. The van der Waals surface area contributed by atoms with Gasteiger partial charge >= 0.3 is 6.09 Å². The van der Waals surface area contributed by atoms with Crippen LogP contribution in [-0.2, 0) is 4.74 Å². The number of carbonyl (C=O) groups is 1. The Morgan fingerprint density at radius 1 is 1.44 bits per heavy atom. The van der Waals surface area contributed by atoms with Crippen molar-refractivity contribution >= 4 is 6.09 Å². The molecule has 1 rings (SSSR count). The van der Waals surface area contributed by atoms with Gasteiger partial charge in [0, 0.05) is 13.2 Å². The molecule has 1 amide bonds. The van der Waals surface area contributed by atoms with Crippen LogP contribution in [0, 0.1) is 0 Å². The summed E-state index contributed by atoms with van der Waals surface area (Å²) in [6, 6.07) is -0.235. The number of hydrogen-bond donors (Lipinski definition) is 2. The van der Waals surface area contributed by atoms with E-state index < -0.39 is 11.7 Å². The van der Waals surface area contributed by atoms with Gasteiger partial charge in [-0.05, 0) is 46.5 Å². The summed E-state index contributed by atoms with van der Waals surface area (Å²) in [5, 5.41) is 18.9. The van der Waals surface area contributed by atoms with Crippen LogP contribution in [0.2, 0.25) is 0 Å². The van der Waals surface area contributed by atoms with E-state index >= 15 is 0 Å². The van der Waals surface area contributed by atoms with Crippen molar-refractivity contribution < 1.29 is 19.7 Å². The monoisotopic (exact) mass is 259 g/mol. The molecule has 1 fully saturated rings. The molecule has 5 heteroatoms. The summed E-state index contributed by atoms with van der Waals surface area (Å²) >= 11 is 0.